The molecule has 128 valence electrons. The molecule has 4 aromatic rings. The van der Waals surface area contributed by atoms with Crippen LogP contribution < -0.4 is 5.32 Å². The van der Waals surface area contributed by atoms with Crippen molar-refractivity contribution in [2.75, 3.05) is 5.32 Å². The molecular formula is C19H11Cl2N3OS. The fourth-order valence-electron chi connectivity index (χ4n) is 2.50. The summed E-state index contributed by atoms with van der Waals surface area (Å²) in [5, 5.41) is 4.50. The molecule has 0 spiro atoms. The zero-order valence-corrected chi connectivity index (χ0v) is 15.6. The van der Waals surface area contributed by atoms with E-state index in [4.69, 9.17) is 23.2 Å². The van der Waals surface area contributed by atoms with E-state index in [-0.39, 0.29) is 5.91 Å². The summed E-state index contributed by atoms with van der Waals surface area (Å²) in [4.78, 5) is 22.3. The largest absolute Gasteiger partial charge is 0.322 e. The van der Waals surface area contributed by atoms with E-state index in [1.165, 1.54) is 11.3 Å². The minimum absolute atomic E-state index is 0.296. The van der Waals surface area contributed by atoms with E-state index in [0.29, 0.717) is 21.3 Å². The molecule has 0 aliphatic carbocycles. The topological polar surface area (TPSA) is 54.9 Å². The number of hydrogen-bond acceptors (Lipinski definition) is 4. The number of anilines is 1. The molecule has 4 rings (SSSR count). The fraction of sp³-hybridized carbons (Fsp3) is 0. The Kier molecular flexibility index (Phi) is 4.59. The normalized spacial score (nSPS) is 10.8. The molecule has 1 N–H and O–H groups in total. The summed E-state index contributed by atoms with van der Waals surface area (Å²) < 4.78 is 0. The van der Waals surface area contributed by atoms with E-state index in [1.807, 2.05) is 36.4 Å². The maximum absolute atomic E-state index is 12.5. The van der Waals surface area contributed by atoms with Gasteiger partial charge in [-0.05, 0) is 42.5 Å². The number of pyridine rings is 1. The number of benzene rings is 2. The van der Waals surface area contributed by atoms with E-state index in [1.54, 1.807) is 24.4 Å². The number of aromatic nitrogens is 2. The quantitative estimate of drug-likeness (QED) is 0.465. The van der Waals surface area contributed by atoms with Crippen molar-refractivity contribution >= 4 is 56.5 Å². The monoisotopic (exact) mass is 399 g/mol. The molecule has 4 nitrogen and oxygen atoms in total. The van der Waals surface area contributed by atoms with Crippen molar-refractivity contribution in [3.05, 3.63) is 76.4 Å². The van der Waals surface area contributed by atoms with Crippen LogP contribution in [0.5, 0.6) is 0 Å². The Morgan fingerprint density at radius 3 is 2.73 bits per heavy atom. The van der Waals surface area contributed by atoms with Crippen LogP contribution in [0.15, 0.2) is 60.8 Å². The summed E-state index contributed by atoms with van der Waals surface area (Å²) >= 11 is 13.5. The zero-order valence-electron chi connectivity index (χ0n) is 13.2. The van der Waals surface area contributed by atoms with Crippen LogP contribution in [0, 0.1) is 0 Å². The summed E-state index contributed by atoms with van der Waals surface area (Å²) in [5.74, 6) is -0.296. The van der Waals surface area contributed by atoms with Crippen LogP contribution in [-0.2, 0) is 0 Å². The Morgan fingerprint density at radius 2 is 1.92 bits per heavy atom. The van der Waals surface area contributed by atoms with Crippen LogP contribution in [0.4, 0.5) is 5.69 Å². The molecule has 0 unspecified atom stereocenters. The first-order valence-corrected chi connectivity index (χ1v) is 9.26. The van der Waals surface area contributed by atoms with Crippen molar-refractivity contribution in [2.45, 2.75) is 0 Å². The van der Waals surface area contributed by atoms with E-state index in [2.05, 4.69) is 15.3 Å². The van der Waals surface area contributed by atoms with Gasteiger partial charge in [0.1, 0.15) is 15.4 Å². The van der Waals surface area contributed by atoms with Gasteiger partial charge >= 0.3 is 0 Å². The van der Waals surface area contributed by atoms with Gasteiger partial charge in [0.15, 0.2) is 0 Å². The fourth-order valence-corrected chi connectivity index (χ4v) is 3.89. The Morgan fingerprint density at radius 1 is 1.04 bits per heavy atom. The third-order valence-electron chi connectivity index (χ3n) is 3.71. The number of thiazole rings is 1. The highest BCUT2D eigenvalue weighted by molar-refractivity contribution is 7.21. The second-order valence-corrected chi connectivity index (χ2v) is 7.33. The summed E-state index contributed by atoms with van der Waals surface area (Å²) in [7, 11) is 0. The molecular weight excluding hydrogens is 389 g/mol. The smallest absolute Gasteiger partial charge is 0.257 e. The molecule has 2 heterocycles. The highest BCUT2D eigenvalue weighted by Gasteiger charge is 2.12. The predicted octanol–water partition coefficient (Wildman–Crippen LogP) is 5.92. The second kappa shape index (κ2) is 7.03. The van der Waals surface area contributed by atoms with Gasteiger partial charge in [0.25, 0.3) is 5.91 Å². The van der Waals surface area contributed by atoms with Crippen molar-refractivity contribution in [3.63, 3.8) is 0 Å². The molecule has 2 aromatic heterocycles. The number of hydrogen-bond donors (Lipinski definition) is 1. The van der Waals surface area contributed by atoms with E-state index in [0.717, 1.165) is 20.9 Å². The highest BCUT2D eigenvalue weighted by Crippen LogP contribution is 2.30. The molecule has 2 aromatic carbocycles. The number of nitrogens with one attached hydrogen (secondary N) is 1. The van der Waals surface area contributed by atoms with Gasteiger partial charge in [0.2, 0.25) is 0 Å². The van der Waals surface area contributed by atoms with Crippen molar-refractivity contribution < 1.29 is 4.79 Å². The first-order valence-electron chi connectivity index (χ1n) is 7.68. The number of carbonyl (C=O) groups is 1. The maximum Gasteiger partial charge on any atom is 0.257 e. The molecule has 26 heavy (non-hydrogen) atoms. The van der Waals surface area contributed by atoms with Gasteiger partial charge in [0, 0.05) is 22.5 Å². The van der Waals surface area contributed by atoms with E-state index in [9.17, 15) is 4.79 Å². The lowest BCUT2D eigenvalue weighted by molar-refractivity contribution is 0.102. The van der Waals surface area contributed by atoms with Gasteiger partial charge in [-0.15, -0.1) is 0 Å². The van der Waals surface area contributed by atoms with Gasteiger partial charge < -0.3 is 5.32 Å². The van der Waals surface area contributed by atoms with Gasteiger partial charge in [-0.1, -0.05) is 46.7 Å². The lowest BCUT2D eigenvalue weighted by Gasteiger charge is -2.08. The number of halogens is 2. The van der Waals surface area contributed by atoms with Gasteiger partial charge in [-0.3, -0.25) is 4.79 Å². The van der Waals surface area contributed by atoms with Crippen molar-refractivity contribution in [2.24, 2.45) is 0 Å². The standard InChI is InChI=1S/C19H11Cl2N3OS/c20-12-6-7-14(15(21)10-12)17(25)23-13-4-1-3-11(9-13)18-24-16-5-2-8-22-19(16)26-18/h1-10H,(H,23,25). The third-order valence-corrected chi connectivity index (χ3v) is 5.29. The van der Waals surface area contributed by atoms with Gasteiger partial charge in [-0.25, -0.2) is 9.97 Å². The molecule has 0 aliphatic heterocycles. The van der Waals surface area contributed by atoms with Crippen LogP contribution in [0.3, 0.4) is 0 Å². The predicted molar refractivity (Wildman–Crippen MR) is 107 cm³/mol. The highest BCUT2D eigenvalue weighted by atomic mass is 35.5. The Labute approximate surface area is 163 Å². The van der Waals surface area contributed by atoms with Crippen molar-refractivity contribution in [1.29, 1.82) is 0 Å². The van der Waals surface area contributed by atoms with Crippen LogP contribution in [0.1, 0.15) is 10.4 Å². The second-order valence-electron chi connectivity index (χ2n) is 5.51. The molecule has 0 bridgehead atoms. The number of carbonyl (C=O) groups excluding carboxylic acids is 1. The lowest BCUT2D eigenvalue weighted by Crippen LogP contribution is -2.12. The minimum Gasteiger partial charge on any atom is -0.322 e. The van der Waals surface area contributed by atoms with Crippen LogP contribution in [-0.4, -0.2) is 15.9 Å². The molecule has 0 radical (unpaired) electrons. The summed E-state index contributed by atoms with van der Waals surface area (Å²) in [5.41, 5.74) is 2.79. The number of amides is 1. The van der Waals surface area contributed by atoms with Crippen LogP contribution in [0.2, 0.25) is 10.0 Å². The maximum atomic E-state index is 12.5. The average Bonchev–Trinajstić information content (AvgIpc) is 3.06. The Hall–Kier alpha value is -2.47. The first kappa shape index (κ1) is 17.0. The molecule has 0 aliphatic rings. The lowest BCUT2D eigenvalue weighted by atomic mass is 10.1. The van der Waals surface area contributed by atoms with Crippen LogP contribution in [0.25, 0.3) is 20.9 Å². The number of nitrogens with zero attached hydrogens (tertiary/aromatic N) is 2. The summed E-state index contributed by atoms with van der Waals surface area (Å²) in [6.45, 7) is 0. The summed E-state index contributed by atoms with van der Waals surface area (Å²) in [6.07, 6.45) is 1.75. The minimum atomic E-state index is -0.296. The first-order chi connectivity index (χ1) is 12.6. The van der Waals surface area contributed by atoms with Crippen LogP contribution >= 0.6 is 34.5 Å². The zero-order chi connectivity index (χ0) is 18.1. The Bertz CT molecular complexity index is 1090. The molecule has 0 saturated heterocycles. The number of fused-ring (bicyclic) bond motifs is 1. The average molecular weight is 400 g/mol. The van der Waals surface area contributed by atoms with Crippen molar-refractivity contribution in [1.82, 2.24) is 9.97 Å². The van der Waals surface area contributed by atoms with E-state index < -0.39 is 0 Å². The molecule has 0 fully saturated rings. The number of rotatable bonds is 3. The SMILES string of the molecule is O=C(Nc1cccc(-c2nc3cccnc3s2)c1)c1ccc(Cl)cc1Cl. The third kappa shape index (κ3) is 3.42. The Balaban J connectivity index is 1.62. The van der Waals surface area contributed by atoms with Gasteiger partial charge in [-0.2, -0.15) is 0 Å². The van der Waals surface area contributed by atoms with E-state index >= 15 is 0 Å². The molecule has 7 heteroatoms. The molecule has 0 saturated carbocycles. The molecule has 0 atom stereocenters. The van der Waals surface area contributed by atoms with Gasteiger partial charge in [0.05, 0.1) is 10.6 Å². The molecule has 1 amide bonds. The summed E-state index contributed by atoms with van der Waals surface area (Å²) in [6, 6.07) is 16.1. The van der Waals surface area contributed by atoms with Crippen molar-refractivity contribution in [3.8, 4) is 10.6 Å².